The molecule has 1 saturated carbocycles. The number of carbonyl (C=O) groups excluding carboxylic acids is 2. The lowest BCUT2D eigenvalue weighted by Gasteiger charge is -2.33. The van der Waals surface area contributed by atoms with Gasteiger partial charge in [-0.2, -0.15) is 0 Å². The topological polar surface area (TPSA) is 49.4 Å². The van der Waals surface area contributed by atoms with Crippen LogP contribution in [0, 0.1) is 0 Å². The second-order valence-electron chi connectivity index (χ2n) is 9.74. The van der Waals surface area contributed by atoms with Crippen molar-refractivity contribution < 1.29 is 9.59 Å². The third-order valence-corrected chi connectivity index (χ3v) is 8.38. The van der Waals surface area contributed by atoms with Gasteiger partial charge in [0, 0.05) is 19.0 Å². The molecule has 8 heteroatoms. The molecule has 38 heavy (non-hydrogen) atoms. The summed E-state index contributed by atoms with van der Waals surface area (Å²) in [6.45, 7) is 0.201. The van der Waals surface area contributed by atoms with E-state index in [0.717, 1.165) is 42.4 Å². The van der Waals surface area contributed by atoms with Gasteiger partial charge in [-0.15, -0.1) is 0 Å². The van der Waals surface area contributed by atoms with E-state index in [0.29, 0.717) is 26.5 Å². The van der Waals surface area contributed by atoms with Crippen LogP contribution < -0.4 is 5.32 Å². The van der Waals surface area contributed by atoms with Crippen molar-refractivity contribution in [3.05, 3.63) is 104 Å². The zero-order valence-corrected chi connectivity index (χ0v) is 24.0. The number of halogens is 4. The molecule has 1 fully saturated rings. The average Bonchev–Trinajstić information content (AvgIpc) is 2.91. The van der Waals surface area contributed by atoms with Gasteiger partial charge in [-0.1, -0.05) is 108 Å². The monoisotopic (exact) mass is 590 g/mol. The lowest BCUT2D eigenvalue weighted by atomic mass is 9.94. The summed E-state index contributed by atoms with van der Waals surface area (Å²) in [7, 11) is 0. The van der Waals surface area contributed by atoms with E-state index in [2.05, 4.69) is 5.32 Å². The van der Waals surface area contributed by atoms with Crippen LogP contribution in [0.2, 0.25) is 20.1 Å². The van der Waals surface area contributed by atoms with Gasteiger partial charge in [0.15, 0.2) is 0 Å². The van der Waals surface area contributed by atoms with Crippen molar-refractivity contribution in [2.45, 2.75) is 63.6 Å². The molecule has 0 heterocycles. The van der Waals surface area contributed by atoms with Gasteiger partial charge < -0.3 is 10.2 Å². The molecule has 1 atom stereocenters. The highest BCUT2D eigenvalue weighted by Crippen LogP contribution is 2.26. The van der Waals surface area contributed by atoms with E-state index in [1.165, 1.54) is 6.42 Å². The second kappa shape index (κ2) is 13.7. The zero-order chi connectivity index (χ0) is 27.1. The summed E-state index contributed by atoms with van der Waals surface area (Å²) in [5.41, 5.74) is 2.47. The number of benzene rings is 3. The number of rotatable bonds is 9. The maximum Gasteiger partial charge on any atom is 0.243 e. The van der Waals surface area contributed by atoms with Crippen molar-refractivity contribution in [2.75, 3.05) is 0 Å². The van der Waals surface area contributed by atoms with Gasteiger partial charge in [-0.25, -0.2) is 0 Å². The molecule has 200 valence electrons. The van der Waals surface area contributed by atoms with Crippen molar-refractivity contribution in [1.82, 2.24) is 10.2 Å². The zero-order valence-electron chi connectivity index (χ0n) is 20.9. The summed E-state index contributed by atoms with van der Waals surface area (Å²) < 4.78 is 0. The number of nitrogens with zero attached hydrogens (tertiary/aromatic N) is 1. The molecule has 3 aromatic carbocycles. The first-order valence-electron chi connectivity index (χ1n) is 12.8. The molecular weight excluding hydrogens is 562 g/mol. The van der Waals surface area contributed by atoms with Crippen LogP contribution in [0.5, 0.6) is 0 Å². The third kappa shape index (κ3) is 7.89. The highest BCUT2D eigenvalue weighted by atomic mass is 35.5. The fourth-order valence-electron chi connectivity index (χ4n) is 4.86. The van der Waals surface area contributed by atoms with Crippen molar-refractivity contribution in [1.29, 1.82) is 0 Å². The normalized spacial score (nSPS) is 14.6. The second-order valence-corrected chi connectivity index (χ2v) is 11.4. The van der Waals surface area contributed by atoms with E-state index in [-0.39, 0.29) is 30.8 Å². The molecule has 4 rings (SSSR count). The Morgan fingerprint density at radius 2 is 1.37 bits per heavy atom. The van der Waals surface area contributed by atoms with Crippen LogP contribution in [0.4, 0.5) is 0 Å². The van der Waals surface area contributed by atoms with E-state index < -0.39 is 6.04 Å². The Balaban J connectivity index is 1.67. The highest BCUT2D eigenvalue weighted by Gasteiger charge is 2.32. The lowest BCUT2D eigenvalue weighted by Crippen LogP contribution is -2.53. The first-order valence-corrected chi connectivity index (χ1v) is 14.3. The minimum atomic E-state index is -0.718. The van der Waals surface area contributed by atoms with Crippen molar-refractivity contribution in [2.24, 2.45) is 0 Å². The van der Waals surface area contributed by atoms with Gasteiger partial charge in [-0.05, 0) is 53.8 Å². The third-order valence-electron chi connectivity index (χ3n) is 6.90. The molecule has 0 bridgehead atoms. The van der Waals surface area contributed by atoms with Crippen LogP contribution in [0.3, 0.4) is 0 Å². The molecule has 0 spiro atoms. The predicted octanol–water partition coefficient (Wildman–Crippen LogP) is 7.93. The predicted molar refractivity (Wildman–Crippen MR) is 156 cm³/mol. The molecule has 0 radical (unpaired) electrons. The smallest absolute Gasteiger partial charge is 0.243 e. The number of carbonyl (C=O) groups is 2. The Hall–Kier alpha value is -2.24. The standard InChI is InChI=1S/C30H30Cl4N2O2/c31-24-13-11-21(15-26(24)33)18-29(37)36(19-22-12-14-25(32)27(34)16-22)28(17-20-7-3-1-4-8-20)30(38)35-23-9-5-2-6-10-23/h1,3-4,7-8,11-16,23,28H,2,5-6,9-10,17-19H2,(H,35,38). The quantitative estimate of drug-likeness (QED) is 0.275. The SMILES string of the molecule is O=C(NC1CCCCC1)C(Cc1ccccc1)N(Cc1ccc(Cl)c(Cl)c1)C(=O)Cc1ccc(Cl)c(Cl)c1. The molecule has 0 saturated heterocycles. The molecule has 1 unspecified atom stereocenters. The lowest BCUT2D eigenvalue weighted by molar-refractivity contribution is -0.141. The molecule has 1 aliphatic carbocycles. The van der Waals surface area contributed by atoms with Gasteiger partial charge >= 0.3 is 0 Å². The Kier molecular flexibility index (Phi) is 10.4. The Morgan fingerprint density at radius 3 is 2.00 bits per heavy atom. The minimum Gasteiger partial charge on any atom is -0.352 e. The molecule has 2 amide bonds. The molecular formula is C30H30Cl4N2O2. The largest absolute Gasteiger partial charge is 0.352 e. The van der Waals surface area contributed by atoms with Gasteiger partial charge in [0.05, 0.1) is 26.5 Å². The maximum atomic E-state index is 13.9. The first-order chi connectivity index (χ1) is 18.3. The van der Waals surface area contributed by atoms with Crippen LogP contribution in [0.15, 0.2) is 66.7 Å². The van der Waals surface area contributed by atoms with Crippen LogP contribution in [0.25, 0.3) is 0 Å². The van der Waals surface area contributed by atoms with Gasteiger partial charge in [0.25, 0.3) is 0 Å². The van der Waals surface area contributed by atoms with Crippen LogP contribution >= 0.6 is 46.4 Å². The molecule has 3 aromatic rings. The van der Waals surface area contributed by atoms with Gasteiger partial charge in [-0.3, -0.25) is 9.59 Å². The summed E-state index contributed by atoms with van der Waals surface area (Å²) in [5.74, 6) is -0.350. The first kappa shape index (κ1) is 28.8. The highest BCUT2D eigenvalue weighted by molar-refractivity contribution is 6.42. The van der Waals surface area contributed by atoms with E-state index >= 15 is 0 Å². The molecule has 0 aromatic heterocycles. The fraction of sp³-hybridized carbons (Fsp3) is 0.333. The van der Waals surface area contributed by atoms with Crippen molar-refractivity contribution in [3.8, 4) is 0 Å². The van der Waals surface area contributed by atoms with Gasteiger partial charge in [0.2, 0.25) is 11.8 Å². The van der Waals surface area contributed by atoms with E-state index in [1.54, 1.807) is 35.2 Å². The Bertz CT molecular complexity index is 1260. The number of hydrogen-bond donors (Lipinski definition) is 1. The summed E-state index contributed by atoms with van der Waals surface area (Å²) in [5, 5.41) is 4.87. The summed E-state index contributed by atoms with van der Waals surface area (Å²) in [4.78, 5) is 29.4. The van der Waals surface area contributed by atoms with Crippen molar-refractivity contribution >= 4 is 58.2 Å². The van der Waals surface area contributed by atoms with Crippen LogP contribution in [-0.4, -0.2) is 28.8 Å². The maximum absolute atomic E-state index is 13.9. The van der Waals surface area contributed by atoms with E-state index in [9.17, 15) is 9.59 Å². The minimum absolute atomic E-state index is 0.0697. The Labute approximate surface area is 244 Å². The van der Waals surface area contributed by atoms with Gasteiger partial charge in [0.1, 0.15) is 6.04 Å². The summed E-state index contributed by atoms with van der Waals surface area (Å²) in [6.07, 6.45) is 5.73. The summed E-state index contributed by atoms with van der Waals surface area (Å²) >= 11 is 24.7. The molecule has 1 aliphatic rings. The fourth-order valence-corrected chi connectivity index (χ4v) is 5.50. The van der Waals surface area contributed by atoms with Crippen LogP contribution in [0.1, 0.15) is 48.8 Å². The van der Waals surface area contributed by atoms with Crippen LogP contribution in [-0.2, 0) is 29.0 Å². The number of nitrogens with one attached hydrogen (secondary N) is 1. The number of hydrogen-bond acceptors (Lipinski definition) is 2. The van der Waals surface area contributed by atoms with E-state index in [4.69, 9.17) is 46.4 Å². The van der Waals surface area contributed by atoms with E-state index in [1.807, 2.05) is 36.4 Å². The average molecular weight is 592 g/mol. The Morgan fingerprint density at radius 1 is 0.763 bits per heavy atom. The molecule has 0 aliphatic heterocycles. The molecule has 4 nitrogen and oxygen atoms in total. The van der Waals surface area contributed by atoms with Crippen molar-refractivity contribution in [3.63, 3.8) is 0 Å². The molecule has 1 N–H and O–H groups in total. The summed E-state index contributed by atoms with van der Waals surface area (Å²) in [6, 6.07) is 19.6. The number of amides is 2.